The maximum absolute atomic E-state index is 11.0. The molecule has 1 rings (SSSR count). The van der Waals surface area contributed by atoms with Crippen molar-refractivity contribution in [2.75, 3.05) is 6.61 Å². The second-order valence-corrected chi connectivity index (χ2v) is 3.35. The van der Waals surface area contributed by atoms with Gasteiger partial charge in [-0.1, -0.05) is 12.1 Å². The van der Waals surface area contributed by atoms with E-state index in [1.807, 2.05) is 32.0 Å². The van der Waals surface area contributed by atoms with E-state index in [-0.39, 0.29) is 5.78 Å². The van der Waals surface area contributed by atoms with Crippen LogP contribution in [0.3, 0.4) is 0 Å². The van der Waals surface area contributed by atoms with Crippen molar-refractivity contribution < 1.29 is 9.53 Å². The molecule has 0 radical (unpaired) electrons. The highest BCUT2D eigenvalue weighted by Gasteiger charge is 2.05. The molecule has 0 aliphatic heterocycles. The number of rotatable bonds is 4. The molecular formula is C12H16O2. The summed E-state index contributed by atoms with van der Waals surface area (Å²) >= 11 is 0. The molecule has 2 heteroatoms. The maximum Gasteiger partial charge on any atom is 0.134 e. The predicted octanol–water partition coefficient (Wildman–Crippen LogP) is 2.53. The summed E-state index contributed by atoms with van der Waals surface area (Å²) in [5.41, 5.74) is 2.13. The van der Waals surface area contributed by atoms with Crippen LogP contribution in [0.5, 0.6) is 5.75 Å². The molecule has 76 valence electrons. The van der Waals surface area contributed by atoms with Gasteiger partial charge in [-0.2, -0.15) is 0 Å². The van der Waals surface area contributed by atoms with Gasteiger partial charge in [0, 0.05) is 6.42 Å². The van der Waals surface area contributed by atoms with Gasteiger partial charge in [0.25, 0.3) is 0 Å². The first-order chi connectivity index (χ1) is 6.65. The van der Waals surface area contributed by atoms with Crippen LogP contribution in [0.15, 0.2) is 18.2 Å². The van der Waals surface area contributed by atoms with Crippen molar-refractivity contribution >= 4 is 5.78 Å². The molecule has 1 aromatic rings. The average Bonchev–Trinajstić information content (AvgIpc) is 2.11. The van der Waals surface area contributed by atoms with E-state index in [0.29, 0.717) is 13.0 Å². The number of carbonyl (C=O) groups excluding carboxylic acids is 1. The summed E-state index contributed by atoms with van der Waals surface area (Å²) in [6, 6.07) is 5.83. The van der Waals surface area contributed by atoms with E-state index in [0.717, 1.165) is 16.9 Å². The summed E-state index contributed by atoms with van der Waals surface area (Å²) < 4.78 is 5.45. The minimum atomic E-state index is 0.182. The first-order valence-corrected chi connectivity index (χ1v) is 4.86. The number of benzene rings is 1. The summed E-state index contributed by atoms with van der Waals surface area (Å²) in [4.78, 5) is 11.0. The average molecular weight is 192 g/mol. The fraction of sp³-hybridized carbons (Fsp3) is 0.417. The Bertz CT molecular complexity index is 329. The Kier molecular flexibility index (Phi) is 3.69. The molecule has 0 aliphatic carbocycles. The topological polar surface area (TPSA) is 26.3 Å². The highest BCUT2D eigenvalue weighted by atomic mass is 16.5. The van der Waals surface area contributed by atoms with Crippen LogP contribution in [0.4, 0.5) is 0 Å². The van der Waals surface area contributed by atoms with Crippen LogP contribution in [0.1, 0.15) is 25.0 Å². The zero-order chi connectivity index (χ0) is 10.6. The molecule has 2 nitrogen and oxygen atoms in total. The third-order valence-electron chi connectivity index (χ3n) is 2.14. The van der Waals surface area contributed by atoms with Gasteiger partial charge in [0.2, 0.25) is 0 Å². The van der Waals surface area contributed by atoms with Crippen molar-refractivity contribution in [3.8, 4) is 5.75 Å². The van der Waals surface area contributed by atoms with E-state index in [4.69, 9.17) is 4.74 Å². The second-order valence-electron chi connectivity index (χ2n) is 3.35. The molecular weight excluding hydrogens is 176 g/mol. The van der Waals surface area contributed by atoms with Crippen LogP contribution in [-0.4, -0.2) is 12.4 Å². The van der Waals surface area contributed by atoms with E-state index in [9.17, 15) is 4.79 Å². The van der Waals surface area contributed by atoms with Crippen LogP contribution in [0.25, 0.3) is 0 Å². The standard InChI is InChI=1S/C12H16O2/c1-4-14-12-7-5-6-11(10(12)3)8-9(2)13/h5-7H,4,8H2,1-3H3. The molecule has 0 heterocycles. The normalized spacial score (nSPS) is 9.93. The number of ether oxygens (including phenoxy) is 1. The van der Waals surface area contributed by atoms with Crippen molar-refractivity contribution in [1.82, 2.24) is 0 Å². The lowest BCUT2D eigenvalue weighted by molar-refractivity contribution is -0.116. The zero-order valence-electron chi connectivity index (χ0n) is 8.96. The lowest BCUT2D eigenvalue weighted by atomic mass is 10.0. The highest BCUT2D eigenvalue weighted by Crippen LogP contribution is 2.21. The van der Waals surface area contributed by atoms with Gasteiger partial charge in [0.05, 0.1) is 6.61 Å². The molecule has 0 saturated heterocycles. The summed E-state index contributed by atoms with van der Waals surface area (Å²) in [6.45, 7) is 6.21. The Labute approximate surface area is 84.9 Å². The van der Waals surface area contributed by atoms with Gasteiger partial charge in [-0.25, -0.2) is 0 Å². The van der Waals surface area contributed by atoms with Crippen molar-refractivity contribution in [1.29, 1.82) is 0 Å². The smallest absolute Gasteiger partial charge is 0.134 e. The molecule has 0 amide bonds. The molecule has 0 bridgehead atoms. The quantitative estimate of drug-likeness (QED) is 0.732. The van der Waals surface area contributed by atoms with E-state index in [1.54, 1.807) is 6.92 Å². The lowest BCUT2D eigenvalue weighted by Crippen LogP contribution is -2.01. The minimum Gasteiger partial charge on any atom is -0.494 e. The highest BCUT2D eigenvalue weighted by molar-refractivity contribution is 5.78. The molecule has 0 fully saturated rings. The molecule has 0 atom stereocenters. The van der Waals surface area contributed by atoms with Crippen molar-refractivity contribution in [2.45, 2.75) is 27.2 Å². The Morgan fingerprint density at radius 3 is 2.71 bits per heavy atom. The van der Waals surface area contributed by atoms with Crippen LogP contribution >= 0.6 is 0 Å². The largest absolute Gasteiger partial charge is 0.494 e. The van der Waals surface area contributed by atoms with E-state index in [2.05, 4.69) is 0 Å². The summed E-state index contributed by atoms with van der Waals surface area (Å²) in [7, 11) is 0. The van der Waals surface area contributed by atoms with Gasteiger partial charge in [-0.3, -0.25) is 4.79 Å². The van der Waals surface area contributed by atoms with Gasteiger partial charge in [0.15, 0.2) is 0 Å². The third-order valence-corrected chi connectivity index (χ3v) is 2.14. The van der Waals surface area contributed by atoms with Gasteiger partial charge in [-0.15, -0.1) is 0 Å². The number of carbonyl (C=O) groups is 1. The first kappa shape index (κ1) is 10.8. The number of hydrogen-bond donors (Lipinski definition) is 0. The fourth-order valence-electron chi connectivity index (χ4n) is 1.43. The molecule has 0 unspecified atom stereocenters. The van der Waals surface area contributed by atoms with Crippen molar-refractivity contribution in [3.63, 3.8) is 0 Å². The maximum atomic E-state index is 11.0. The minimum absolute atomic E-state index is 0.182. The summed E-state index contributed by atoms with van der Waals surface area (Å²) in [5.74, 6) is 1.06. The van der Waals surface area contributed by atoms with E-state index in [1.165, 1.54) is 0 Å². The number of ketones is 1. The fourth-order valence-corrected chi connectivity index (χ4v) is 1.43. The molecule has 0 spiro atoms. The molecule has 1 aromatic carbocycles. The van der Waals surface area contributed by atoms with Gasteiger partial charge >= 0.3 is 0 Å². The number of hydrogen-bond acceptors (Lipinski definition) is 2. The summed E-state index contributed by atoms with van der Waals surface area (Å²) in [5, 5.41) is 0. The van der Waals surface area contributed by atoms with Crippen LogP contribution in [-0.2, 0) is 11.2 Å². The second kappa shape index (κ2) is 4.80. The Balaban J connectivity index is 2.94. The number of Topliss-reactive ketones (excluding diaryl/α,β-unsaturated/α-hetero) is 1. The molecule has 0 aromatic heterocycles. The Hall–Kier alpha value is -1.31. The molecule has 0 aliphatic rings. The van der Waals surface area contributed by atoms with E-state index >= 15 is 0 Å². The first-order valence-electron chi connectivity index (χ1n) is 4.86. The Morgan fingerprint density at radius 1 is 1.43 bits per heavy atom. The molecule has 14 heavy (non-hydrogen) atoms. The molecule has 0 N–H and O–H groups in total. The lowest BCUT2D eigenvalue weighted by Gasteiger charge is -2.10. The summed E-state index contributed by atoms with van der Waals surface area (Å²) in [6.07, 6.45) is 0.493. The van der Waals surface area contributed by atoms with Crippen molar-refractivity contribution in [3.05, 3.63) is 29.3 Å². The molecule has 0 saturated carbocycles. The van der Waals surface area contributed by atoms with Crippen LogP contribution < -0.4 is 4.74 Å². The van der Waals surface area contributed by atoms with Crippen LogP contribution in [0, 0.1) is 6.92 Å². The van der Waals surface area contributed by atoms with E-state index < -0.39 is 0 Å². The van der Waals surface area contributed by atoms with Gasteiger partial charge in [-0.05, 0) is 38.0 Å². The van der Waals surface area contributed by atoms with Crippen molar-refractivity contribution in [2.24, 2.45) is 0 Å². The zero-order valence-corrected chi connectivity index (χ0v) is 8.96. The van der Waals surface area contributed by atoms with Gasteiger partial charge < -0.3 is 4.74 Å². The SMILES string of the molecule is CCOc1cccc(CC(C)=O)c1C. The Morgan fingerprint density at radius 2 is 2.14 bits per heavy atom. The predicted molar refractivity (Wildman–Crippen MR) is 56.7 cm³/mol. The van der Waals surface area contributed by atoms with Gasteiger partial charge in [0.1, 0.15) is 11.5 Å². The monoisotopic (exact) mass is 192 g/mol. The third kappa shape index (κ3) is 2.59. The van der Waals surface area contributed by atoms with Crippen LogP contribution in [0.2, 0.25) is 0 Å².